The third-order valence-electron chi connectivity index (χ3n) is 4.68. The summed E-state index contributed by atoms with van der Waals surface area (Å²) in [6, 6.07) is 0.462. The van der Waals surface area contributed by atoms with Crippen molar-refractivity contribution in [3.05, 3.63) is 29.8 Å². The maximum Gasteiger partial charge on any atom is 0.326 e. The average molecular weight is 469 g/mol. The molecule has 0 aliphatic rings. The van der Waals surface area contributed by atoms with Crippen molar-refractivity contribution in [2.24, 2.45) is 11.7 Å². The number of aliphatic hydroxyl groups excluding tert-OH is 2. The molecule has 1 aromatic rings. The van der Waals surface area contributed by atoms with E-state index in [0.29, 0.717) is 12.0 Å². The molecule has 1 aromatic carbocycles. The molecule has 0 aliphatic heterocycles. The number of aliphatic carboxylic acids is 1. The molecule has 0 saturated heterocycles. The minimum Gasteiger partial charge on any atom is -0.508 e. The number of amides is 3. The Kier molecular flexibility index (Phi) is 11.3. The first kappa shape index (κ1) is 27.8. The number of hydrogen-bond acceptors (Lipinski definition) is 8. The molecule has 0 bridgehead atoms. The summed E-state index contributed by atoms with van der Waals surface area (Å²) < 4.78 is 0. The molecule has 0 spiro atoms. The van der Waals surface area contributed by atoms with Crippen molar-refractivity contribution < 1.29 is 39.6 Å². The number of carboxylic acid groups (broad SMARTS) is 1. The Morgan fingerprint density at radius 3 is 1.73 bits per heavy atom. The lowest BCUT2D eigenvalue weighted by Crippen LogP contribution is -2.59. The highest BCUT2D eigenvalue weighted by Crippen LogP contribution is 2.11. The van der Waals surface area contributed by atoms with Crippen LogP contribution < -0.4 is 21.7 Å². The number of phenolic OH excluding ortho intramolecular Hbond substituents is 1. The van der Waals surface area contributed by atoms with Gasteiger partial charge in [-0.15, -0.1) is 0 Å². The van der Waals surface area contributed by atoms with Crippen LogP contribution >= 0.6 is 0 Å². The lowest BCUT2D eigenvalue weighted by Gasteiger charge is -2.23. The summed E-state index contributed by atoms with van der Waals surface area (Å²) in [4.78, 5) is 48.6. The van der Waals surface area contributed by atoms with Gasteiger partial charge in [-0.25, -0.2) is 4.79 Å². The molecule has 0 unspecified atom stereocenters. The van der Waals surface area contributed by atoms with Gasteiger partial charge in [-0.05, 0) is 30.0 Å². The zero-order chi connectivity index (χ0) is 25.1. The summed E-state index contributed by atoms with van der Waals surface area (Å²) in [7, 11) is 0. The first-order valence-electron chi connectivity index (χ1n) is 10.4. The highest BCUT2D eigenvalue weighted by Gasteiger charge is 2.30. The highest BCUT2D eigenvalue weighted by atomic mass is 16.4. The van der Waals surface area contributed by atoms with Crippen molar-refractivity contribution in [3.63, 3.8) is 0 Å². The molecule has 0 aromatic heterocycles. The van der Waals surface area contributed by atoms with Gasteiger partial charge in [0.2, 0.25) is 17.7 Å². The Hall–Kier alpha value is -3.22. The summed E-state index contributed by atoms with van der Waals surface area (Å²) in [6.45, 7) is 2.08. The van der Waals surface area contributed by atoms with Crippen LogP contribution in [-0.4, -0.2) is 81.5 Å². The van der Waals surface area contributed by atoms with E-state index in [4.69, 9.17) is 5.73 Å². The van der Waals surface area contributed by atoms with Gasteiger partial charge in [0.05, 0.1) is 19.3 Å². The quantitative estimate of drug-likeness (QED) is 0.158. The predicted molar refractivity (Wildman–Crippen MR) is 117 cm³/mol. The number of nitrogens with one attached hydrogen (secondary N) is 3. The largest absolute Gasteiger partial charge is 0.508 e. The molecule has 0 radical (unpaired) electrons. The number of benzene rings is 1. The summed E-state index contributed by atoms with van der Waals surface area (Å²) in [5.74, 6) is -3.83. The third-order valence-corrected chi connectivity index (χ3v) is 4.68. The number of carbonyl (C=O) groups is 4. The number of phenols is 1. The molecule has 0 saturated carbocycles. The van der Waals surface area contributed by atoms with Crippen LogP contribution in [0.2, 0.25) is 0 Å². The van der Waals surface area contributed by atoms with Crippen LogP contribution in [0.15, 0.2) is 24.3 Å². The van der Waals surface area contributed by atoms with Gasteiger partial charge in [-0.1, -0.05) is 26.0 Å². The number of carbonyl (C=O) groups excluding carboxylic acids is 3. The maximum absolute atomic E-state index is 12.5. The summed E-state index contributed by atoms with van der Waals surface area (Å²) in [6.07, 6.45) is 0.237. The van der Waals surface area contributed by atoms with Crippen molar-refractivity contribution in [2.45, 2.75) is 50.9 Å². The number of nitrogens with two attached hydrogens (primary N) is 1. The van der Waals surface area contributed by atoms with Crippen molar-refractivity contribution in [1.29, 1.82) is 0 Å². The Balaban J connectivity index is 2.77. The Morgan fingerprint density at radius 1 is 0.848 bits per heavy atom. The zero-order valence-electron chi connectivity index (χ0n) is 18.5. The van der Waals surface area contributed by atoms with Gasteiger partial charge in [0.15, 0.2) is 0 Å². The summed E-state index contributed by atoms with van der Waals surface area (Å²) >= 11 is 0. The first-order chi connectivity index (χ1) is 15.5. The molecular weight excluding hydrogens is 436 g/mol. The van der Waals surface area contributed by atoms with Gasteiger partial charge < -0.3 is 42.1 Å². The molecule has 12 heteroatoms. The van der Waals surface area contributed by atoms with E-state index in [-0.39, 0.29) is 18.1 Å². The first-order valence-corrected chi connectivity index (χ1v) is 10.4. The van der Waals surface area contributed by atoms with Gasteiger partial charge in [-0.2, -0.15) is 0 Å². The van der Waals surface area contributed by atoms with Gasteiger partial charge in [0.1, 0.15) is 23.9 Å². The lowest BCUT2D eigenvalue weighted by molar-refractivity contribution is -0.142. The Labute approximate surface area is 191 Å². The molecule has 9 N–H and O–H groups in total. The molecule has 1 rings (SSSR count). The van der Waals surface area contributed by atoms with Crippen LogP contribution in [0.3, 0.4) is 0 Å². The number of aliphatic hydroxyl groups is 2. The van der Waals surface area contributed by atoms with Crippen LogP contribution in [0.5, 0.6) is 5.75 Å². The van der Waals surface area contributed by atoms with Crippen molar-refractivity contribution in [3.8, 4) is 5.75 Å². The monoisotopic (exact) mass is 468 g/mol. The molecule has 184 valence electrons. The fourth-order valence-corrected chi connectivity index (χ4v) is 2.89. The van der Waals surface area contributed by atoms with Gasteiger partial charge in [-0.3, -0.25) is 14.4 Å². The molecular formula is C21H32N4O8. The normalized spacial score (nSPS) is 14.6. The standard InChI is InChI=1S/C21H32N4O8/c1-11(2)7-14(22)18(29)24-16(9-26)20(31)25-17(10-27)19(30)23-15(21(32)33)8-12-3-5-13(28)6-4-12/h3-6,11,14-17,26-28H,7-10,22H2,1-2H3,(H,23,30)(H,24,29)(H,25,31)(H,32,33)/t14-,15-,16-,17-/m0/s1. The minimum absolute atomic E-state index is 0.00610. The van der Waals surface area contributed by atoms with Gasteiger partial charge >= 0.3 is 5.97 Å². The lowest BCUT2D eigenvalue weighted by atomic mass is 10.0. The second kappa shape index (κ2) is 13.4. The van der Waals surface area contributed by atoms with Gasteiger partial charge in [0, 0.05) is 6.42 Å². The minimum atomic E-state index is -1.53. The number of hydrogen-bond donors (Lipinski definition) is 8. The van der Waals surface area contributed by atoms with E-state index in [1.165, 1.54) is 24.3 Å². The van der Waals surface area contributed by atoms with Crippen LogP contribution in [0, 0.1) is 5.92 Å². The van der Waals surface area contributed by atoms with E-state index in [9.17, 15) is 39.6 Å². The molecule has 0 aliphatic carbocycles. The van der Waals surface area contributed by atoms with Crippen molar-refractivity contribution in [1.82, 2.24) is 16.0 Å². The second-order valence-corrected chi connectivity index (χ2v) is 7.99. The van der Waals surface area contributed by atoms with Crippen LogP contribution in [0.4, 0.5) is 0 Å². The topological polar surface area (TPSA) is 211 Å². The number of rotatable bonds is 13. The van der Waals surface area contributed by atoms with E-state index >= 15 is 0 Å². The molecule has 0 heterocycles. The predicted octanol–water partition coefficient (Wildman–Crippen LogP) is -2.17. The molecule has 3 amide bonds. The van der Waals surface area contributed by atoms with E-state index in [1.807, 2.05) is 13.8 Å². The summed E-state index contributed by atoms with van der Waals surface area (Å²) in [5, 5.41) is 44.4. The fourth-order valence-electron chi connectivity index (χ4n) is 2.89. The SMILES string of the molecule is CC(C)C[C@H](N)C(=O)N[C@@H](CO)C(=O)N[C@@H](CO)C(=O)N[C@@H](Cc1ccc(O)cc1)C(=O)O. The fraction of sp³-hybridized carbons (Fsp3) is 0.524. The molecule has 0 fully saturated rings. The molecule has 4 atom stereocenters. The number of aromatic hydroxyl groups is 1. The summed E-state index contributed by atoms with van der Waals surface area (Å²) in [5.41, 5.74) is 6.27. The van der Waals surface area contributed by atoms with Crippen molar-refractivity contribution >= 4 is 23.7 Å². The average Bonchev–Trinajstić information content (AvgIpc) is 2.75. The van der Waals surface area contributed by atoms with Crippen molar-refractivity contribution in [2.75, 3.05) is 13.2 Å². The van der Waals surface area contributed by atoms with E-state index < -0.39 is 61.1 Å². The van der Waals surface area contributed by atoms with Crippen LogP contribution in [0.1, 0.15) is 25.8 Å². The third kappa shape index (κ3) is 9.43. The van der Waals surface area contributed by atoms with Crippen LogP contribution in [0.25, 0.3) is 0 Å². The Morgan fingerprint density at radius 2 is 1.30 bits per heavy atom. The van der Waals surface area contributed by atoms with E-state index in [0.717, 1.165) is 0 Å². The van der Waals surface area contributed by atoms with E-state index in [1.54, 1.807) is 0 Å². The zero-order valence-corrected chi connectivity index (χ0v) is 18.5. The van der Waals surface area contributed by atoms with Crippen LogP contribution in [-0.2, 0) is 25.6 Å². The molecule has 33 heavy (non-hydrogen) atoms. The maximum atomic E-state index is 12.5. The van der Waals surface area contributed by atoms with E-state index in [2.05, 4.69) is 16.0 Å². The second-order valence-electron chi connectivity index (χ2n) is 7.99. The highest BCUT2D eigenvalue weighted by molar-refractivity contribution is 5.94. The number of carboxylic acids is 1. The molecule has 12 nitrogen and oxygen atoms in total. The Bertz CT molecular complexity index is 815. The van der Waals surface area contributed by atoms with Gasteiger partial charge in [0.25, 0.3) is 0 Å². The smallest absolute Gasteiger partial charge is 0.326 e.